The SMILES string of the molecule is COC(=O)C(C)N1CCCC[C@@H]1C(=O)OC. The Morgan fingerprint density at radius 2 is 1.94 bits per heavy atom. The molecule has 1 unspecified atom stereocenters. The van der Waals surface area contributed by atoms with E-state index in [-0.39, 0.29) is 18.0 Å². The van der Waals surface area contributed by atoms with Gasteiger partial charge >= 0.3 is 11.9 Å². The quantitative estimate of drug-likeness (QED) is 0.662. The summed E-state index contributed by atoms with van der Waals surface area (Å²) in [7, 11) is 2.73. The Bertz CT molecular complexity index is 267. The molecule has 1 fully saturated rings. The van der Waals surface area contributed by atoms with Crippen molar-refractivity contribution in [2.75, 3.05) is 20.8 Å². The molecule has 5 nitrogen and oxygen atoms in total. The first kappa shape index (κ1) is 13.0. The highest BCUT2D eigenvalue weighted by atomic mass is 16.5. The normalized spacial score (nSPS) is 23.6. The zero-order valence-corrected chi connectivity index (χ0v) is 10.1. The van der Waals surface area contributed by atoms with Crippen LogP contribution >= 0.6 is 0 Å². The average Bonchev–Trinajstić information content (AvgIpc) is 2.35. The van der Waals surface area contributed by atoms with E-state index < -0.39 is 6.04 Å². The van der Waals surface area contributed by atoms with Crippen molar-refractivity contribution in [3.63, 3.8) is 0 Å². The summed E-state index contributed by atoms with van der Waals surface area (Å²) in [6.45, 7) is 2.49. The fourth-order valence-electron chi connectivity index (χ4n) is 2.11. The van der Waals surface area contributed by atoms with E-state index in [1.165, 1.54) is 14.2 Å². The monoisotopic (exact) mass is 229 g/mol. The van der Waals surface area contributed by atoms with Crippen LogP contribution in [0, 0.1) is 0 Å². The van der Waals surface area contributed by atoms with Crippen LogP contribution in [-0.2, 0) is 19.1 Å². The van der Waals surface area contributed by atoms with Crippen LogP contribution < -0.4 is 0 Å². The Morgan fingerprint density at radius 1 is 1.25 bits per heavy atom. The first-order valence-corrected chi connectivity index (χ1v) is 5.53. The highest BCUT2D eigenvalue weighted by molar-refractivity contribution is 5.79. The first-order valence-electron chi connectivity index (χ1n) is 5.53. The predicted molar refractivity (Wildman–Crippen MR) is 57.8 cm³/mol. The van der Waals surface area contributed by atoms with Crippen molar-refractivity contribution < 1.29 is 19.1 Å². The van der Waals surface area contributed by atoms with Crippen LogP contribution in [0.3, 0.4) is 0 Å². The predicted octanol–water partition coefficient (Wildman–Crippen LogP) is 0.575. The second-order valence-corrected chi connectivity index (χ2v) is 3.97. The molecule has 0 spiro atoms. The van der Waals surface area contributed by atoms with E-state index in [2.05, 4.69) is 0 Å². The van der Waals surface area contributed by atoms with Crippen molar-refractivity contribution in [1.29, 1.82) is 0 Å². The number of carbonyl (C=O) groups is 2. The summed E-state index contributed by atoms with van der Waals surface area (Å²) in [6.07, 6.45) is 2.73. The largest absolute Gasteiger partial charge is 0.468 e. The van der Waals surface area contributed by atoms with Crippen molar-refractivity contribution in [1.82, 2.24) is 4.90 Å². The van der Waals surface area contributed by atoms with Gasteiger partial charge < -0.3 is 9.47 Å². The molecular weight excluding hydrogens is 210 g/mol. The summed E-state index contributed by atoms with van der Waals surface area (Å²) >= 11 is 0. The number of nitrogens with zero attached hydrogens (tertiary/aromatic N) is 1. The maximum Gasteiger partial charge on any atom is 0.323 e. The van der Waals surface area contributed by atoms with E-state index in [0.717, 1.165) is 25.8 Å². The number of esters is 2. The minimum Gasteiger partial charge on any atom is -0.468 e. The molecule has 0 N–H and O–H groups in total. The molecule has 0 amide bonds. The van der Waals surface area contributed by atoms with Crippen LogP contribution in [0.1, 0.15) is 26.2 Å². The van der Waals surface area contributed by atoms with Crippen molar-refractivity contribution in [3.05, 3.63) is 0 Å². The molecule has 92 valence electrons. The highest BCUT2D eigenvalue weighted by Crippen LogP contribution is 2.21. The van der Waals surface area contributed by atoms with Crippen LogP contribution in [0.2, 0.25) is 0 Å². The van der Waals surface area contributed by atoms with Crippen molar-refractivity contribution in [3.8, 4) is 0 Å². The Kier molecular flexibility index (Phi) is 4.73. The van der Waals surface area contributed by atoms with E-state index in [4.69, 9.17) is 9.47 Å². The maximum atomic E-state index is 11.6. The molecule has 0 bridgehead atoms. The fourth-order valence-corrected chi connectivity index (χ4v) is 2.11. The number of piperidine rings is 1. The molecule has 1 saturated heterocycles. The minimum atomic E-state index is -0.394. The number of carbonyl (C=O) groups excluding carboxylic acids is 2. The third kappa shape index (κ3) is 2.72. The molecule has 0 aromatic carbocycles. The lowest BCUT2D eigenvalue weighted by atomic mass is 10.00. The van der Waals surface area contributed by atoms with Crippen molar-refractivity contribution in [2.24, 2.45) is 0 Å². The van der Waals surface area contributed by atoms with Crippen molar-refractivity contribution >= 4 is 11.9 Å². The van der Waals surface area contributed by atoms with Gasteiger partial charge in [0.15, 0.2) is 0 Å². The fraction of sp³-hybridized carbons (Fsp3) is 0.818. The second kappa shape index (κ2) is 5.84. The third-order valence-corrected chi connectivity index (χ3v) is 3.06. The smallest absolute Gasteiger partial charge is 0.323 e. The Balaban J connectivity index is 2.73. The lowest BCUT2D eigenvalue weighted by molar-refractivity contribution is -0.155. The van der Waals surface area contributed by atoms with Crippen LogP contribution in [-0.4, -0.2) is 49.7 Å². The van der Waals surface area contributed by atoms with E-state index in [0.29, 0.717) is 0 Å². The van der Waals surface area contributed by atoms with Gasteiger partial charge in [-0.3, -0.25) is 14.5 Å². The van der Waals surface area contributed by atoms with Gasteiger partial charge in [0.25, 0.3) is 0 Å². The number of methoxy groups -OCH3 is 2. The summed E-state index contributed by atoms with van der Waals surface area (Å²) in [5.74, 6) is -0.578. The minimum absolute atomic E-state index is 0.268. The summed E-state index contributed by atoms with van der Waals surface area (Å²) in [4.78, 5) is 24.9. The highest BCUT2D eigenvalue weighted by Gasteiger charge is 2.35. The molecule has 2 atom stereocenters. The van der Waals surface area contributed by atoms with Gasteiger partial charge in [-0.05, 0) is 26.3 Å². The zero-order valence-electron chi connectivity index (χ0n) is 10.1. The molecule has 1 heterocycles. The molecule has 0 aliphatic carbocycles. The lowest BCUT2D eigenvalue weighted by Gasteiger charge is -2.36. The molecular formula is C11H19NO4. The Morgan fingerprint density at radius 3 is 2.50 bits per heavy atom. The van der Waals surface area contributed by atoms with Crippen molar-refractivity contribution in [2.45, 2.75) is 38.3 Å². The molecule has 1 aliphatic heterocycles. The number of hydrogen-bond donors (Lipinski definition) is 0. The van der Waals surface area contributed by atoms with E-state index >= 15 is 0 Å². The number of hydrogen-bond acceptors (Lipinski definition) is 5. The van der Waals surface area contributed by atoms with Gasteiger partial charge in [0.1, 0.15) is 12.1 Å². The zero-order chi connectivity index (χ0) is 12.1. The van der Waals surface area contributed by atoms with E-state index in [9.17, 15) is 9.59 Å². The van der Waals surface area contributed by atoms with Gasteiger partial charge in [-0.15, -0.1) is 0 Å². The molecule has 0 saturated carbocycles. The van der Waals surface area contributed by atoms with Crippen LogP contribution in [0.15, 0.2) is 0 Å². The van der Waals surface area contributed by atoms with Gasteiger partial charge in [-0.25, -0.2) is 0 Å². The van der Waals surface area contributed by atoms with Gasteiger partial charge in [0.05, 0.1) is 14.2 Å². The van der Waals surface area contributed by atoms with Crippen LogP contribution in [0.4, 0.5) is 0 Å². The summed E-state index contributed by atoms with van der Waals surface area (Å²) in [5, 5.41) is 0. The summed E-state index contributed by atoms with van der Waals surface area (Å²) < 4.78 is 9.44. The molecule has 1 aliphatic rings. The molecule has 0 aromatic rings. The standard InChI is InChI=1S/C11H19NO4/c1-8(10(13)15-2)12-7-5-4-6-9(12)11(14)16-3/h8-9H,4-7H2,1-3H3/t8?,9-/m1/s1. The second-order valence-electron chi connectivity index (χ2n) is 3.97. The van der Waals surface area contributed by atoms with Gasteiger partial charge in [-0.1, -0.05) is 6.42 Å². The summed E-state index contributed by atoms with van der Waals surface area (Å²) in [5.41, 5.74) is 0. The van der Waals surface area contributed by atoms with E-state index in [1.807, 2.05) is 4.90 Å². The molecule has 16 heavy (non-hydrogen) atoms. The molecule has 5 heteroatoms. The van der Waals surface area contributed by atoms with Crippen LogP contribution in [0.25, 0.3) is 0 Å². The molecule has 0 radical (unpaired) electrons. The number of rotatable bonds is 3. The topological polar surface area (TPSA) is 55.8 Å². The van der Waals surface area contributed by atoms with Gasteiger partial charge in [0, 0.05) is 0 Å². The first-order chi connectivity index (χ1) is 7.61. The third-order valence-electron chi connectivity index (χ3n) is 3.06. The number of ether oxygens (including phenoxy) is 2. The molecule has 1 rings (SSSR count). The molecule has 0 aromatic heterocycles. The van der Waals surface area contributed by atoms with Gasteiger partial charge in [-0.2, -0.15) is 0 Å². The van der Waals surface area contributed by atoms with E-state index in [1.54, 1.807) is 6.92 Å². The van der Waals surface area contributed by atoms with Crippen LogP contribution in [0.5, 0.6) is 0 Å². The maximum absolute atomic E-state index is 11.6. The average molecular weight is 229 g/mol. The Labute approximate surface area is 95.7 Å². The van der Waals surface area contributed by atoms with Gasteiger partial charge in [0.2, 0.25) is 0 Å². The lowest BCUT2D eigenvalue weighted by Crippen LogP contribution is -2.52. The Hall–Kier alpha value is -1.10. The number of likely N-dealkylation sites (tertiary alicyclic amines) is 1. The summed E-state index contributed by atoms with van der Waals surface area (Å²) in [6, 6.07) is -0.706.